The third-order valence-electron chi connectivity index (χ3n) is 5.33. The Kier molecular flexibility index (Phi) is 8.79. The molecule has 120 valence electrons. The Bertz CT molecular complexity index is 230. The second-order valence-electron chi connectivity index (χ2n) is 7.08. The summed E-state index contributed by atoms with van der Waals surface area (Å²) >= 11 is 0. The smallest absolute Gasteiger partial charge is 0.00470 e. The van der Waals surface area contributed by atoms with E-state index in [2.05, 4.69) is 38.0 Å². The Morgan fingerprint density at radius 2 is 1.70 bits per heavy atom. The highest BCUT2D eigenvalue weighted by atomic mass is 15.1. The maximum atomic E-state index is 3.66. The zero-order valence-electron chi connectivity index (χ0n) is 14.5. The quantitative estimate of drug-likeness (QED) is 0.601. The van der Waals surface area contributed by atoms with Crippen molar-refractivity contribution in [2.45, 2.75) is 72.1 Å². The molecule has 0 amide bonds. The molecule has 0 aromatic carbocycles. The molecule has 0 radical (unpaired) electrons. The summed E-state index contributed by atoms with van der Waals surface area (Å²) in [7, 11) is 2.34. The molecule has 1 aliphatic carbocycles. The van der Waals surface area contributed by atoms with Crippen molar-refractivity contribution in [3.05, 3.63) is 0 Å². The van der Waals surface area contributed by atoms with E-state index in [0.717, 1.165) is 12.5 Å². The van der Waals surface area contributed by atoms with Crippen molar-refractivity contribution in [3.8, 4) is 0 Å². The van der Waals surface area contributed by atoms with Crippen molar-refractivity contribution in [3.63, 3.8) is 0 Å². The van der Waals surface area contributed by atoms with Crippen LogP contribution in [0.3, 0.4) is 0 Å². The van der Waals surface area contributed by atoms with Gasteiger partial charge in [0.2, 0.25) is 0 Å². The topological polar surface area (TPSA) is 15.3 Å². The van der Waals surface area contributed by atoms with E-state index in [1.165, 1.54) is 71.0 Å². The molecule has 0 heterocycles. The normalized spacial score (nSPS) is 17.9. The Balaban J connectivity index is 2.41. The third kappa shape index (κ3) is 6.13. The highest BCUT2D eigenvalue weighted by molar-refractivity contribution is 4.83. The van der Waals surface area contributed by atoms with Gasteiger partial charge >= 0.3 is 0 Å². The lowest BCUT2D eigenvalue weighted by molar-refractivity contribution is 0.132. The van der Waals surface area contributed by atoms with Crippen molar-refractivity contribution in [1.82, 2.24) is 10.2 Å². The Labute approximate surface area is 127 Å². The maximum absolute atomic E-state index is 3.66. The van der Waals surface area contributed by atoms with Crippen molar-refractivity contribution in [1.29, 1.82) is 0 Å². The van der Waals surface area contributed by atoms with E-state index in [0.29, 0.717) is 5.41 Å². The van der Waals surface area contributed by atoms with Crippen molar-refractivity contribution < 1.29 is 0 Å². The Hall–Kier alpha value is -0.0800. The molecule has 2 heteroatoms. The average Bonchev–Trinajstić information content (AvgIpc) is 2.47. The highest BCUT2D eigenvalue weighted by Gasteiger charge is 2.28. The number of hydrogen-bond donors (Lipinski definition) is 1. The van der Waals surface area contributed by atoms with Crippen molar-refractivity contribution >= 4 is 0 Å². The molecule has 1 rings (SSSR count). The van der Waals surface area contributed by atoms with Crippen LogP contribution in [-0.4, -0.2) is 38.1 Å². The highest BCUT2D eigenvalue weighted by Crippen LogP contribution is 2.29. The zero-order valence-corrected chi connectivity index (χ0v) is 14.5. The lowest BCUT2D eigenvalue weighted by Gasteiger charge is -2.38. The summed E-state index contributed by atoms with van der Waals surface area (Å²) in [6.45, 7) is 11.9. The van der Waals surface area contributed by atoms with E-state index in [1.54, 1.807) is 0 Å². The van der Waals surface area contributed by atoms with Crippen LogP contribution in [0, 0.1) is 11.3 Å². The van der Waals surface area contributed by atoms with Gasteiger partial charge in [0.05, 0.1) is 0 Å². The summed E-state index contributed by atoms with van der Waals surface area (Å²) in [4.78, 5) is 2.62. The van der Waals surface area contributed by atoms with Gasteiger partial charge in [-0.05, 0) is 57.0 Å². The molecule has 0 aromatic rings. The van der Waals surface area contributed by atoms with Crippen LogP contribution in [0.4, 0.5) is 0 Å². The molecule has 1 N–H and O–H groups in total. The van der Waals surface area contributed by atoms with Gasteiger partial charge in [0.15, 0.2) is 0 Å². The van der Waals surface area contributed by atoms with Gasteiger partial charge in [-0.15, -0.1) is 0 Å². The summed E-state index contributed by atoms with van der Waals surface area (Å²) < 4.78 is 0. The van der Waals surface area contributed by atoms with E-state index in [1.807, 2.05) is 0 Å². The molecule has 1 fully saturated rings. The van der Waals surface area contributed by atoms with Crippen LogP contribution in [-0.2, 0) is 0 Å². The number of nitrogens with zero attached hydrogens (tertiary/aromatic N) is 1. The monoisotopic (exact) mass is 282 g/mol. The minimum atomic E-state index is 0.471. The minimum Gasteiger partial charge on any atom is -0.316 e. The Morgan fingerprint density at radius 3 is 2.25 bits per heavy atom. The van der Waals surface area contributed by atoms with Gasteiger partial charge in [-0.3, -0.25) is 0 Å². The van der Waals surface area contributed by atoms with Crippen LogP contribution >= 0.6 is 0 Å². The maximum Gasteiger partial charge on any atom is 0.00470 e. The first-order valence-electron chi connectivity index (χ1n) is 9.05. The SMILES string of the molecule is CCCNCC(CC)(CC)CN(C)CC1CCCCC1. The molecule has 20 heavy (non-hydrogen) atoms. The molecule has 0 bridgehead atoms. The Morgan fingerprint density at radius 1 is 1.05 bits per heavy atom. The van der Waals surface area contributed by atoms with Crippen LogP contribution in [0.1, 0.15) is 72.1 Å². The predicted octanol–water partition coefficient (Wildman–Crippen LogP) is 4.30. The summed E-state index contributed by atoms with van der Waals surface area (Å²) in [5.74, 6) is 0.962. The first-order valence-corrected chi connectivity index (χ1v) is 9.05. The number of nitrogens with one attached hydrogen (secondary N) is 1. The molecule has 0 unspecified atom stereocenters. The van der Waals surface area contributed by atoms with E-state index in [4.69, 9.17) is 0 Å². The summed E-state index contributed by atoms with van der Waals surface area (Å²) in [5, 5.41) is 3.66. The van der Waals surface area contributed by atoms with E-state index in [-0.39, 0.29) is 0 Å². The van der Waals surface area contributed by atoms with Gasteiger partial charge in [-0.2, -0.15) is 0 Å². The van der Waals surface area contributed by atoms with Gasteiger partial charge in [-0.1, -0.05) is 40.0 Å². The first kappa shape index (κ1) is 18.0. The van der Waals surface area contributed by atoms with Gasteiger partial charge < -0.3 is 10.2 Å². The largest absolute Gasteiger partial charge is 0.316 e. The molecule has 1 saturated carbocycles. The second-order valence-corrected chi connectivity index (χ2v) is 7.08. The standard InChI is InChI=1S/C18H38N2/c1-5-13-19-15-18(6-2,7-3)16-20(4)14-17-11-9-8-10-12-17/h17,19H,5-16H2,1-4H3. The van der Waals surface area contributed by atoms with Crippen LogP contribution in [0.5, 0.6) is 0 Å². The summed E-state index contributed by atoms with van der Waals surface area (Å²) in [6, 6.07) is 0. The van der Waals surface area contributed by atoms with E-state index >= 15 is 0 Å². The van der Waals surface area contributed by atoms with Crippen LogP contribution in [0.2, 0.25) is 0 Å². The fraction of sp³-hybridized carbons (Fsp3) is 1.00. The van der Waals surface area contributed by atoms with Crippen LogP contribution in [0.25, 0.3) is 0 Å². The second kappa shape index (κ2) is 9.78. The third-order valence-corrected chi connectivity index (χ3v) is 5.33. The number of hydrogen-bond acceptors (Lipinski definition) is 2. The summed E-state index contributed by atoms with van der Waals surface area (Å²) in [6.07, 6.45) is 11.1. The first-order chi connectivity index (χ1) is 9.65. The van der Waals surface area contributed by atoms with Gasteiger partial charge in [-0.25, -0.2) is 0 Å². The molecule has 0 saturated heterocycles. The lowest BCUT2D eigenvalue weighted by Crippen LogP contribution is -2.44. The average molecular weight is 283 g/mol. The fourth-order valence-corrected chi connectivity index (χ4v) is 3.76. The molecule has 2 nitrogen and oxygen atoms in total. The van der Waals surface area contributed by atoms with Crippen molar-refractivity contribution in [2.24, 2.45) is 11.3 Å². The zero-order chi connectivity index (χ0) is 14.8. The molecule has 0 atom stereocenters. The molecule has 0 aromatic heterocycles. The number of rotatable bonds is 10. The van der Waals surface area contributed by atoms with Crippen molar-refractivity contribution in [2.75, 3.05) is 33.2 Å². The fourth-order valence-electron chi connectivity index (χ4n) is 3.76. The van der Waals surface area contributed by atoms with E-state index in [9.17, 15) is 0 Å². The molecular formula is C18H38N2. The van der Waals surface area contributed by atoms with Crippen LogP contribution in [0.15, 0.2) is 0 Å². The molecule has 0 aliphatic heterocycles. The predicted molar refractivity (Wildman–Crippen MR) is 90.2 cm³/mol. The lowest BCUT2D eigenvalue weighted by atomic mass is 9.81. The van der Waals surface area contributed by atoms with Crippen LogP contribution < -0.4 is 5.32 Å². The molecule has 1 aliphatic rings. The minimum absolute atomic E-state index is 0.471. The van der Waals surface area contributed by atoms with Gasteiger partial charge in [0.1, 0.15) is 0 Å². The summed E-state index contributed by atoms with van der Waals surface area (Å²) in [5.41, 5.74) is 0.471. The van der Waals surface area contributed by atoms with E-state index < -0.39 is 0 Å². The molecular weight excluding hydrogens is 244 g/mol. The van der Waals surface area contributed by atoms with Gasteiger partial charge in [0, 0.05) is 19.6 Å². The van der Waals surface area contributed by atoms with Gasteiger partial charge in [0.25, 0.3) is 0 Å². The molecule has 0 spiro atoms.